The second-order valence-electron chi connectivity index (χ2n) is 12.6. The van der Waals surface area contributed by atoms with Crippen LogP contribution in [0.2, 0.25) is 0 Å². The van der Waals surface area contributed by atoms with Gasteiger partial charge in [0.25, 0.3) is 0 Å². The lowest BCUT2D eigenvalue weighted by molar-refractivity contribution is 0.669. The van der Waals surface area contributed by atoms with E-state index < -0.39 is 0 Å². The summed E-state index contributed by atoms with van der Waals surface area (Å²) in [7, 11) is 0. The lowest BCUT2D eigenvalue weighted by Crippen LogP contribution is -2.13. The molecule has 0 aliphatic heterocycles. The molecule has 10 aromatic rings. The standard InChI is InChI=1S/C46H30N2OS/c1-3-14-32(15-4-1)47(34-24-26-44-41(28-34)38-19-9-11-21-43(38)49-44)36-27-31-13-7-8-18-37(31)42(29-36)48(33-16-5-2-6-17-33)35-23-25-40-39-20-10-12-22-45(39)50-46(40)30-35/h1-30H. The van der Waals surface area contributed by atoms with Crippen molar-refractivity contribution in [2.24, 2.45) is 0 Å². The van der Waals surface area contributed by atoms with Crippen LogP contribution in [0.5, 0.6) is 0 Å². The Bertz CT molecular complexity index is 2840. The molecule has 0 saturated carbocycles. The normalized spacial score (nSPS) is 11.6. The fraction of sp³-hybridized carbons (Fsp3) is 0. The van der Waals surface area contributed by atoms with Crippen LogP contribution in [0.15, 0.2) is 186 Å². The number of anilines is 6. The van der Waals surface area contributed by atoms with E-state index in [4.69, 9.17) is 4.42 Å². The van der Waals surface area contributed by atoms with Crippen LogP contribution in [0.1, 0.15) is 0 Å². The summed E-state index contributed by atoms with van der Waals surface area (Å²) < 4.78 is 8.81. The number of nitrogens with zero attached hydrogens (tertiary/aromatic N) is 2. The summed E-state index contributed by atoms with van der Waals surface area (Å²) >= 11 is 1.85. The minimum atomic E-state index is 0.883. The van der Waals surface area contributed by atoms with Gasteiger partial charge in [-0.25, -0.2) is 0 Å². The third-order valence-electron chi connectivity index (χ3n) is 9.59. The van der Waals surface area contributed by atoms with Crippen LogP contribution < -0.4 is 9.80 Å². The Hall–Kier alpha value is -6.36. The van der Waals surface area contributed by atoms with Crippen LogP contribution in [0.4, 0.5) is 34.1 Å². The van der Waals surface area contributed by atoms with E-state index in [2.05, 4.69) is 180 Å². The Kier molecular flexibility index (Phi) is 6.68. The molecule has 0 aliphatic carbocycles. The number of fused-ring (bicyclic) bond motifs is 7. The predicted molar refractivity (Wildman–Crippen MR) is 213 cm³/mol. The Morgan fingerprint density at radius 3 is 1.76 bits per heavy atom. The maximum absolute atomic E-state index is 6.23. The van der Waals surface area contributed by atoms with Crippen molar-refractivity contribution >= 4 is 98.3 Å². The first kappa shape index (κ1) is 28.6. The monoisotopic (exact) mass is 658 g/mol. The summed E-state index contributed by atoms with van der Waals surface area (Å²) in [5, 5.41) is 7.16. The Morgan fingerprint density at radius 1 is 0.340 bits per heavy atom. The number of rotatable bonds is 6. The highest BCUT2D eigenvalue weighted by Gasteiger charge is 2.21. The molecule has 0 unspecified atom stereocenters. The highest BCUT2D eigenvalue weighted by atomic mass is 32.1. The molecule has 0 atom stereocenters. The largest absolute Gasteiger partial charge is 0.456 e. The lowest BCUT2D eigenvalue weighted by atomic mass is 10.0. The molecular formula is C46H30N2OS. The molecule has 236 valence electrons. The lowest BCUT2D eigenvalue weighted by Gasteiger charge is -2.30. The van der Waals surface area contributed by atoms with Gasteiger partial charge in [-0.2, -0.15) is 0 Å². The first-order valence-corrected chi connectivity index (χ1v) is 17.7. The Labute approximate surface area is 293 Å². The highest BCUT2D eigenvalue weighted by Crippen LogP contribution is 2.46. The van der Waals surface area contributed by atoms with Gasteiger partial charge in [0.05, 0.1) is 5.69 Å². The van der Waals surface area contributed by atoms with Gasteiger partial charge in [0, 0.05) is 64.8 Å². The van der Waals surface area contributed by atoms with Crippen molar-refractivity contribution < 1.29 is 4.42 Å². The van der Waals surface area contributed by atoms with E-state index in [1.807, 2.05) is 23.5 Å². The molecule has 2 heterocycles. The van der Waals surface area contributed by atoms with E-state index >= 15 is 0 Å². The van der Waals surface area contributed by atoms with Gasteiger partial charge in [-0.05, 0) is 84.2 Å². The minimum absolute atomic E-state index is 0.883. The summed E-state index contributed by atoms with van der Waals surface area (Å²) in [6.45, 7) is 0. The number of hydrogen-bond donors (Lipinski definition) is 0. The summed E-state index contributed by atoms with van der Waals surface area (Å²) in [4.78, 5) is 4.77. The van der Waals surface area contributed by atoms with E-state index in [0.717, 1.165) is 56.1 Å². The fourth-order valence-corrected chi connectivity index (χ4v) is 8.46. The molecule has 0 fully saturated rings. The molecule has 3 nitrogen and oxygen atoms in total. The maximum Gasteiger partial charge on any atom is 0.135 e. The number of thiophene rings is 1. The van der Waals surface area contributed by atoms with Crippen molar-refractivity contribution in [1.29, 1.82) is 0 Å². The molecule has 10 rings (SSSR count). The van der Waals surface area contributed by atoms with Crippen LogP contribution in [0.3, 0.4) is 0 Å². The van der Waals surface area contributed by atoms with Crippen LogP contribution in [0, 0.1) is 0 Å². The molecule has 0 spiro atoms. The summed E-state index contributed by atoms with van der Waals surface area (Å²) in [5.41, 5.74) is 8.33. The van der Waals surface area contributed by atoms with Gasteiger partial charge >= 0.3 is 0 Å². The zero-order valence-electron chi connectivity index (χ0n) is 27.0. The molecule has 0 N–H and O–H groups in total. The van der Waals surface area contributed by atoms with Crippen LogP contribution in [-0.2, 0) is 0 Å². The smallest absolute Gasteiger partial charge is 0.135 e. The third-order valence-corrected chi connectivity index (χ3v) is 10.7. The zero-order chi connectivity index (χ0) is 33.0. The van der Waals surface area contributed by atoms with E-state index in [-0.39, 0.29) is 0 Å². The fourth-order valence-electron chi connectivity index (χ4n) is 7.32. The van der Waals surface area contributed by atoms with E-state index in [0.29, 0.717) is 0 Å². The topological polar surface area (TPSA) is 19.6 Å². The van der Waals surface area contributed by atoms with Crippen LogP contribution >= 0.6 is 11.3 Å². The highest BCUT2D eigenvalue weighted by molar-refractivity contribution is 7.25. The first-order chi connectivity index (χ1) is 24.8. The maximum atomic E-state index is 6.23. The Balaban J connectivity index is 1.22. The molecule has 4 heteroatoms. The molecule has 0 amide bonds. The predicted octanol–water partition coefficient (Wildman–Crippen LogP) is 14.0. The van der Waals surface area contributed by atoms with Crippen LogP contribution in [0.25, 0.3) is 52.9 Å². The van der Waals surface area contributed by atoms with Gasteiger partial charge < -0.3 is 14.2 Å². The van der Waals surface area contributed by atoms with Crippen molar-refractivity contribution in [3.05, 3.63) is 182 Å². The van der Waals surface area contributed by atoms with E-state index in [9.17, 15) is 0 Å². The number of furan rings is 1. The molecule has 8 aromatic carbocycles. The molecule has 0 aliphatic rings. The first-order valence-electron chi connectivity index (χ1n) is 16.8. The molecule has 2 aromatic heterocycles. The molecule has 0 bridgehead atoms. The van der Waals surface area contributed by atoms with Crippen LogP contribution in [-0.4, -0.2) is 0 Å². The average Bonchev–Trinajstić information content (AvgIpc) is 3.74. The van der Waals surface area contributed by atoms with Crippen molar-refractivity contribution in [1.82, 2.24) is 0 Å². The van der Waals surface area contributed by atoms with Gasteiger partial charge in [-0.3, -0.25) is 0 Å². The van der Waals surface area contributed by atoms with Crippen molar-refractivity contribution in [2.75, 3.05) is 9.80 Å². The summed E-state index contributed by atoms with van der Waals surface area (Å²) in [6, 6.07) is 65.1. The minimum Gasteiger partial charge on any atom is -0.456 e. The van der Waals surface area contributed by atoms with Crippen molar-refractivity contribution in [2.45, 2.75) is 0 Å². The molecule has 50 heavy (non-hydrogen) atoms. The van der Waals surface area contributed by atoms with Crippen molar-refractivity contribution in [3.63, 3.8) is 0 Å². The number of hydrogen-bond acceptors (Lipinski definition) is 4. The second-order valence-corrected chi connectivity index (χ2v) is 13.7. The van der Waals surface area contributed by atoms with Crippen molar-refractivity contribution in [3.8, 4) is 0 Å². The molecular weight excluding hydrogens is 629 g/mol. The third kappa shape index (κ3) is 4.73. The number of benzene rings is 8. The van der Waals surface area contributed by atoms with Gasteiger partial charge in [0.2, 0.25) is 0 Å². The second kappa shape index (κ2) is 11.7. The molecule has 0 saturated heterocycles. The number of para-hydroxylation sites is 3. The van der Waals surface area contributed by atoms with E-state index in [1.165, 1.54) is 30.9 Å². The van der Waals surface area contributed by atoms with Gasteiger partial charge in [-0.15, -0.1) is 11.3 Å². The summed E-state index contributed by atoms with van der Waals surface area (Å²) in [5.74, 6) is 0. The SMILES string of the molecule is c1ccc(N(c2cc(N(c3ccccc3)c3ccc4c(c3)sc3ccccc34)c3ccccc3c2)c2ccc3oc4ccccc4c3c2)cc1. The molecule has 0 radical (unpaired) electrons. The summed E-state index contributed by atoms with van der Waals surface area (Å²) in [6.07, 6.45) is 0. The Morgan fingerprint density at radius 2 is 0.940 bits per heavy atom. The van der Waals surface area contributed by atoms with Gasteiger partial charge in [0.15, 0.2) is 0 Å². The van der Waals surface area contributed by atoms with Gasteiger partial charge in [0.1, 0.15) is 11.2 Å². The van der Waals surface area contributed by atoms with Gasteiger partial charge in [-0.1, -0.05) is 103 Å². The van der Waals surface area contributed by atoms with E-state index in [1.54, 1.807) is 0 Å². The average molecular weight is 659 g/mol. The quantitative estimate of drug-likeness (QED) is 0.177. The zero-order valence-corrected chi connectivity index (χ0v) is 27.8.